The van der Waals surface area contributed by atoms with Gasteiger partial charge in [-0.1, -0.05) is 19.9 Å². The zero-order chi connectivity index (χ0) is 11.4. The zero-order valence-corrected chi connectivity index (χ0v) is 9.70. The van der Waals surface area contributed by atoms with Crippen LogP contribution in [0.5, 0.6) is 5.75 Å². The molecule has 0 bridgehead atoms. The lowest BCUT2D eigenvalue weighted by atomic mass is 10.1. The van der Waals surface area contributed by atoms with E-state index >= 15 is 0 Å². The molecule has 0 aliphatic rings. The minimum Gasteiger partial charge on any atom is -0.506 e. The molecule has 0 heterocycles. The van der Waals surface area contributed by atoms with E-state index < -0.39 is 0 Å². The van der Waals surface area contributed by atoms with Gasteiger partial charge in [-0.3, -0.25) is 0 Å². The number of phenolic OH excluding ortho intramolecular Hbond substituents is 1. The maximum atomic E-state index is 9.28. The minimum atomic E-state index is 0.158. The molecule has 0 amide bonds. The largest absolute Gasteiger partial charge is 0.506 e. The highest BCUT2D eigenvalue weighted by molar-refractivity contribution is 5.53. The highest BCUT2D eigenvalue weighted by Gasteiger charge is 2.04. The van der Waals surface area contributed by atoms with Crippen LogP contribution in [0.15, 0.2) is 18.2 Å². The van der Waals surface area contributed by atoms with Crippen LogP contribution in [-0.2, 0) is 6.54 Å². The summed E-state index contributed by atoms with van der Waals surface area (Å²) in [6.07, 6.45) is 0. The quantitative estimate of drug-likeness (QED) is 0.588. The number of anilines is 1. The normalized spacial score (nSPS) is 11.3. The van der Waals surface area contributed by atoms with Gasteiger partial charge in [-0.15, -0.1) is 0 Å². The monoisotopic (exact) mass is 208 g/mol. The maximum Gasteiger partial charge on any atom is 0.138 e. The molecule has 0 aliphatic heterocycles. The van der Waals surface area contributed by atoms with Gasteiger partial charge in [0.2, 0.25) is 0 Å². The molecule has 15 heavy (non-hydrogen) atoms. The third kappa shape index (κ3) is 3.80. The van der Waals surface area contributed by atoms with Crippen molar-refractivity contribution in [2.75, 3.05) is 19.3 Å². The van der Waals surface area contributed by atoms with Crippen molar-refractivity contribution in [1.82, 2.24) is 4.90 Å². The highest BCUT2D eigenvalue weighted by atomic mass is 16.3. The van der Waals surface area contributed by atoms with E-state index in [0.717, 1.165) is 18.7 Å². The van der Waals surface area contributed by atoms with E-state index in [2.05, 4.69) is 25.8 Å². The van der Waals surface area contributed by atoms with E-state index in [1.54, 1.807) is 6.07 Å². The second kappa shape index (κ2) is 5.03. The van der Waals surface area contributed by atoms with Crippen molar-refractivity contribution in [1.29, 1.82) is 0 Å². The van der Waals surface area contributed by atoms with Gasteiger partial charge in [-0.05, 0) is 30.7 Å². The van der Waals surface area contributed by atoms with Gasteiger partial charge in [0.25, 0.3) is 0 Å². The van der Waals surface area contributed by atoms with Crippen LogP contribution in [0.3, 0.4) is 0 Å². The van der Waals surface area contributed by atoms with Gasteiger partial charge < -0.3 is 15.7 Å². The van der Waals surface area contributed by atoms with E-state index in [4.69, 9.17) is 5.73 Å². The first-order valence-corrected chi connectivity index (χ1v) is 5.25. The van der Waals surface area contributed by atoms with Crippen LogP contribution in [0.2, 0.25) is 0 Å². The molecule has 0 fully saturated rings. The van der Waals surface area contributed by atoms with Crippen molar-refractivity contribution in [2.24, 2.45) is 5.92 Å². The Morgan fingerprint density at radius 2 is 2.07 bits per heavy atom. The summed E-state index contributed by atoms with van der Waals surface area (Å²) in [6, 6.07) is 5.38. The van der Waals surface area contributed by atoms with Crippen LogP contribution >= 0.6 is 0 Å². The molecule has 1 aromatic carbocycles. The van der Waals surface area contributed by atoms with Gasteiger partial charge in [0.1, 0.15) is 5.75 Å². The standard InChI is InChI=1S/C12H20N2O/c1-9(2)7-14(3)8-10-4-5-12(15)11(13)6-10/h4-6,9,15H,7-8,13H2,1-3H3. The molecule has 84 valence electrons. The van der Waals surface area contributed by atoms with Crippen molar-refractivity contribution in [3.05, 3.63) is 23.8 Å². The van der Waals surface area contributed by atoms with Crippen molar-refractivity contribution < 1.29 is 5.11 Å². The Morgan fingerprint density at radius 3 is 2.60 bits per heavy atom. The smallest absolute Gasteiger partial charge is 0.138 e. The van der Waals surface area contributed by atoms with Gasteiger partial charge in [0.15, 0.2) is 0 Å². The SMILES string of the molecule is CC(C)CN(C)Cc1ccc(O)c(N)c1. The summed E-state index contributed by atoms with van der Waals surface area (Å²) in [4.78, 5) is 2.25. The maximum absolute atomic E-state index is 9.28. The fraction of sp³-hybridized carbons (Fsp3) is 0.500. The molecule has 0 unspecified atom stereocenters. The molecule has 0 atom stereocenters. The van der Waals surface area contributed by atoms with Crippen molar-refractivity contribution in [3.63, 3.8) is 0 Å². The first-order chi connectivity index (χ1) is 6.99. The number of nitrogens with zero attached hydrogens (tertiary/aromatic N) is 1. The molecule has 3 heteroatoms. The van der Waals surface area contributed by atoms with E-state index in [0.29, 0.717) is 11.6 Å². The van der Waals surface area contributed by atoms with Crippen molar-refractivity contribution >= 4 is 5.69 Å². The topological polar surface area (TPSA) is 49.5 Å². The molecule has 0 spiro atoms. The third-order valence-corrected chi connectivity index (χ3v) is 2.22. The van der Waals surface area contributed by atoms with Crippen molar-refractivity contribution in [3.8, 4) is 5.75 Å². The first-order valence-electron chi connectivity index (χ1n) is 5.25. The van der Waals surface area contributed by atoms with Crippen LogP contribution in [-0.4, -0.2) is 23.6 Å². The lowest BCUT2D eigenvalue weighted by Crippen LogP contribution is -2.22. The second-order valence-electron chi connectivity index (χ2n) is 4.48. The predicted octanol–water partition coefficient (Wildman–Crippen LogP) is 2.06. The second-order valence-corrected chi connectivity index (χ2v) is 4.48. The summed E-state index contributed by atoms with van der Waals surface area (Å²) in [5.41, 5.74) is 7.21. The lowest BCUT2D eigenvalue weighted by molar-refractivity contribution is 0.288. The summed E-state index contributed by atoms with van der Waals surface area (Å²) < 4.78 is 0. The van der Waals surface area contributed by atoms with E-state index in [-0.39, 0.29) is 5.75 Å². The van der Waals surface area contributed by atoms with Crippen molar-refractivity contribution in [2.45, 2.75) is 20.4 Å². The third-order valence-electron chi connectivity index (χ3n) is 2.22. The molecule has 3 nitrogen and oxygen atoms in total. The Hall–Kier alpha value is -1.22. The van der Waals surface area contributed by atoms with Gasteiger partial charge in [-0.25, -0.2) is 0 Å². The Balaban J connectivity index is 2.60. The van der Waals surface area contributed by atoms with E-state index in [9.17, 15) is 5.11 Å². The van der Waals surface area contributed by atoms with Crippen LogP contribution in [0, 0.1) is 5.92 Å². The number of phenols is 1. The van der Waals surface area contributed by atoms with E-state index in [1.807, 2.05) is 12.1 Å². The zero-order valence-electron chi connectivity index (χ0n) is 9.70. The molecular formula is C12H20N2O. The number of aromatic hydroxyl groups is 1. The number of hydrogen-bond donors (Lipinski definition) is 2. The average Bonchev–Trinajstić information content (AvgIpc) is 2.10. The molecule has 1 rings (SSSR count). The van der Waals surface area contributed by atoms with Crippen LogP contribution in [0.1, 0.15) is 19.4 Å². The summed E-state index contributed by atoms with van der Waals surface area (Å²) >= 11 is 0. The highest BCUT2D eigenvalue weighted by Crippen LogP contribution is 2.21. The van der Waals surface area contributed by atoms with Crippen LogP contribution < -0.4 is 5.73 Å². The number of hydrogen-bond acceptors (Lipinski definition) is 3. The predicted molar refractivity (Wildman–Crippen MR) is 63.7 cm³/mol. The fourth-order valence-electron chi connectivity index (χ4n) is 1.70. The number of nitrogen functional groups attached to an aromatic ring is 1. The molecular weight excluding hydrogens is 188 g/mol. The van der Waals surface area contributed by atoms with Crippen LogP contribution in [0.4, 0.5) is 5.69 Å². The first kappa shape index (κ1) is 11.9. The number of rotatable bonds is 4. The molecule has 3 N–H and O–H groups in total. The summed E-state index contributed by atoms with van der Waals surface area (Å²) in [7, 11) is 2.09. The Kier molecular flexibility index (Phi) is 3.97. The molecule has 1 aromatic rings. The van der Waals surface area contributed by atoms with Gasteiger partial charge in [-0.2, -0.15) is 0 Å². The summed E-state index contributed by atoms with van der Waals surface area (Å²) in [5, 5.41) is 9.28. The molecule has 0 saturated carbocycles. The molecule has 0 radical (unpaired) electrons. The van der Waals surface area contributed by atoms with Crippen LogP contribution in [0.25, 0.3) is 0 Å². The Labute approximate surface area is 91.5 Å². The molecule has 0 aliphatic carbocycles. The van der Waals surface area contributed by atoms with Gasteiger partial charge in [0.05, 0.1) is 5.69 Å². The lowest BCUT2D eigenvalue weighted by Gasteiger charge is -2.19. The Bertz CT molecular complexity index is 323. The minimum absolute atomic E-state index is 0.158. The van der Waals surface area contributed by atoms with E-state index in [1.165, 1.54) is 0 Å². The molecule has 0 saturated heterocycles. The summed E-state index contributed by atoms with van der Waals surface area (Å²) in [5.74, 6) is 0.815. The average molecular weight is 208 g/mol. The van der Waals surface area contributed by atoms with Gasteiger partial charge >= 0.3 is 0 Å². The fourth-order valence-corrected chi connectivity index (χ4v) is 1.70. The number of benzene rings is 1. The van der Waals surface area contributed by atoms with Gasteiger partial charge in [0, 0.05) is 13.1 Å². The number of nitrogens with two attached hydrogens (primary N) is 1. The Morgan fingerprint density at radius 1 is 1.40 bits per heavy atom. The molecule has 0 aromatic heterocycles. The summed E-state index contributed by atoms with van der Waals surface area (Å²) in [6.45, 7) is 6.31.